The minimum absolute atomic E-state index is 0.273. The van der Waals surface area contributed by atoms with Gasteiger partial charge in [0.1, 0.15) is 5.75 Å². The van der Waals surface area contributed by atoms with Crippen LogP contribution >= 0.6 is 69.2 Å². The largest absolute Gasteiger partial charge is 0.495 e. The van der Waals surface area contributed by atoms with Crippen molar-refractivity contribution in [3.05, 3.63) is 65.6 Å². The predicted molar refractivity (Wildman–Crippen MR) is 127 cm³/mol. The summed E-state index contributed by atoms with van der Waals surface area (Å²) < 4.78 is 7.70. The SMILES string of the molecule is COc1c(I)cc(I)cc1/C=C1/SC(=S)N(NC(=O)c2ccccc2)C1=O. The molecule has 0 unspecified atom stereocenters. The highest BCUT2D eigenvalue weighted by atomic mass is 127. The topological polar surface area (TPSA) is 58.6 Å². The fourth-order valence-corrected chi connectivity index (χ4v) is 5.64. The molecule has 1 N–H and O–H groups in total. The molecule has 2 aromatic carbocycles. The number of halogens is 2. The average molecular weight is 622 g/mol. The summed E-state index contributed by atoms with van der Waals surface area (Å²) in [6.07, 6.45) is 1.73. The van der Waals surface area contributed by atoms with Crippen molar-refractivity contribution in [2.24, 2.45) is 0 Å². The number of amides is 2. The molecule has 2 aromatic rings. The molecule has 27 heavy (non-hydrogen) atoms. The van der Waals surface area contributed by atoms with E-state index in [1.807, 2.05) is 18.2 Å². The molecule has 1 aliphatic heterocycles. The van der Waals surface area contributed by atoms with E-state index in [9.17, 15) is 9.59 Å². The van der Waals surface area contributed by atoms with E-state index < -0.39 is 5.91 Å². The van der Waals surface area contributed by atoms with Crippen molar-refractivity contribution in [3.8, 4) is 5.75 Å². The van der Waals surface area contributed by atoms with Crippen molar-refractivity contribution in [1.29, 1.82) is 0 Å². The van der Waals surface area contributed by atoms with Crippen LogP contribution in [0.3, 0.4) is 0 Å². The van der Waals surface area contributed by atoms with Crippen LogP contribution in [-0.4, -0.2) is 28.3 Å². The highest BCUT2D eigenvalue weighted by Gasteiger charge is 2.34. The molecule has 0 radical (unpaired) electrons. The third kappa shape index (κ3) is 4.63. The molecule has 0 atom stereocenters. The molecule has 2 amide bonds. The number of nitrogens with zero attached hydrogens (tertiary/aromatic N) is 1. The lowest BCUT2D eigenvalue weighted by Crippen LogP contribution is -2.44. The Labute approximate surface area is 193 Å². The van der Waals surface area contributed by atoms with Gasteiger partial charge < -0.3 is 4.74 Å². The molecular formula is C18H12I2N2O3S2. The predicted octanol–water partition coefficient (Wildman–Crippen LogP) is 4.45. The van der Waals surface area contributed by atoms with Crippen LogP contribution in [0, 0.1) is 7.14 Å². The van der Waals surface area contributed by atoms with E-state index in [1.54, 1.807) is 37.5 Å². The van der Waals surface area contributed by atoms with Gasteiger partial charge in [-0.2, -0.15) is 5.01 Å². The molecule has 1 saturated heterocycles. The lowest BCUT2D eigenvalue weighted by molar-refractivity contribution is -0.123. The summed E-state index contributed by atoms with van der Waals surface area (Å²) in [5.74, 6) is -0.0747. The monoisotopic (exact) mass is 622 g/mol. The van der Waals surface area contributed by atoms with E-state index >= 15 is 0 Å². The number of carbonyl (C=O) groups excluding carboxylic acids is 2. The number of hydrazine groups is 1. The summed E-state index contributed by atoms with van der Waals surface area (Å²) in [4.78, 5) is 25.5. The van der Waals surface area contributed by atoms with Gasteiger partial charge in [0, 0.05) is 14.7 Å². The molecule has 1 heterocycles. The normalized spacial score (nSPS) is 15.4. The van der Waals surface area contributed by atoms with Gasteiger partial charge in [-0.15, -0.1) is 0 Å². The van der Waals surface area contributed by atoms with Crippen molar-refractivity contribution in [3.63, 3.8) is 0 Å². The molecule has 9 heteroatoms. The smallest absolute Gasteiger partial charge is 0.285 e. The summed E-state index contributed by atoms with van der Waals surface area (Å²) >= 11 is 10.8. The molecule has 1 fully saturated rings. The molecule has 0 aliphatic carbocycles. The second-order valence-corrected chi connectivity index (χ2v) is 9.42. The van der Waals surface area contributed by atoms with Gasteiger partial charge in [0.05, 0.1) is 15.6 Å². The average Bonchev–Trinajstić information content (AvgIpc) is 2.89. The minimum atomic E-state index is -0.394. The summed E-state index contributed by atoms with van der Waals surface area (Å²) in [5.41, 5.74) is 3.80. The summed E-state index contributed by atoms with van der Waals surface area (Å²) in [5, 5.41) is 1.10. The first-order valence-corrected chi connectivity index (χ1v) is 11.0. The van der Waals surface area contributed by atoms with E-state index in [2.05, 4.69) is 50.6 Å². The summed E-state index contributed by atoms with van der Waals surface area (Å²) in [6, 6.07) is 12.6. The number of carbonyl (C=O) groups is 2. The van der Waals surface area contributed by atoms with Crippen LogP contribution in [0.5, 0.6) is 5.75 Å². The zero-order chi connectivity index (χ0) is 19.6. The van der Waals surface area contributed by atoms with Gasteiger partial charge in [-0.05, 0) is 87.7 Å². The molecule has 0 aromatic heterocycles. The third-order valence-electron chi connectivity index (χ3n) is 3.57. The zero-order valence-corrected chi connectivity index (χ0v) is 19.8. The molecule has 138 valence electrons. The Morgan fingerprint density at radius 3 is 2.63 bits per heavy atom. The maximum absolute atomic E-state index is 12.7. The van der Waals surface area contributed by atoms with E-state index in [0.717, 1.165) is 29.5 Å². The highest BCUT2D eigenvalue weighted by molar-refractivity contribution is 14.1. The first-order chi connectivity index (χ1) is 12.9. The fraction of sp³-hybridized carbons (Fsp3) is 0.0556. The quantitative estimate of drug-likeness (QED) is 0.311. The van der Waals surface area contributed by atoms with Crippen LogP contribution < -0.4 is 10.2 Å². The highest BCUT2D eigenvalue weighted by Crippen LogP contribution is 2.35. The molecular weight excluding hydrogens is 610 g/mol. The lowest BCUT2D eigenvalue weighted by Gasteiger charge is -2.15. The maximum Gasteiger partial charge on any atom is 0.285 e. The van der Waals surface area contributed by atoms with Crippen LogP contribution in [0.4, 0.5) is 0 Å². The number of thioether (sulfide) groups is 1. The van der Waals surface area contributed by atoms with Gasteiger partial charge in [0.25, 0.3) is 11.8 Å². The molecule has 3 rings (SSSR count). The number of benzene rings is 2. The number of rotatable bonds is 4. The summed E-state index contributed by atoms with van der Waals surface area (Å²) in [7, 11) is 1.59. The van der Waals surface area contributed by atoms with E-state index in [4.69, 9.17) is 17.0 Å². The van der Waals surface area contributed by atoms with Crippen molar-refractivity contribution >= 4 is 91.4 Å². The molecule has 5 nitrogen and oxygen atoms in total. The number of hydrogen-bond acceptors (Lipinski definition) is 5. The van der Waals surface area contributed by atoms with Crippen molar-refractivity contribution in [1.82, 2.24) is 10.4 Å². The second kappa shape index (κ2) is 8.88. The maximum atomic E-state index is 12.7. The van der Waals surface area contributed by atoms with E-state index in [0.29, 0.717) is 16.2 Å². The zero-order valence-electron chi connectivity index (χ0n) is 13.9. The van der Waals surface area contributed by atoms with E-state index in [1.165, 1.54) is 0 Å². The van der Waals surface area contributed by atoms with Crippen molar-refractivity contribution in [2.75, 3.05) is 7.11 Å². The van der Waals surface area contributed by atoms with Crippen LogP contribution in [0.15, 0.2) is 47.4 Å². The Kier molecular flexibility index (Phi) is 6.76. The third-order valence-corrected chi connectivity index (χ3v) is 6.30. The first-order valence-electron chi connectivity index (χ1n) is 7.57. The molecule has 1 aliphatic rings. The van der Waals surface area contributed by atoms with Gasteiger partial charge in [0.2, 0.25) is 0 Å². The van der Waals surface area contributed by atoms with Gasteiger partial charge in [-0.25, -0.2) is 0 Å². The second-order valence-electron chi connectivity index (χ2n) is 5.33. The summed E-state index contributed by atoms with van der Waals surface area (Å²) in [6.45, 7) is 0. The molecule has 0 saturated carbocycles. The first kappa shape index (κ1) is 20.6. The Morgan fingerprint density at radius 1 is 1.26 bits per heavy atom. The van der Waals surface area contributed by atoms with Gasteiger partial charge in [-0.1, -0.05) is 30.0 Å². The van der Waals surface area contributed by atoms with Crippen LogP contribution in [0.2, 0.25) is 0 Å². The molecule has 0 spiro atoms. The number of hydrogen-bond donors (Lipinski definition) is 1. The number of ether oxygens (including phenoxy) is 1. The fourth-order valence-electron chi connectivity index (χ4n) is 2.36. The van der Waals surface area contributed by atoms with Crippen molar-refractivity contribution in [2.45, 2.75) is 0 Å². The van der Waals surface area contributed by atoms with Gasteiger partial charge in [0.15, 0.2) is 4.32 Å². The lowest BCUT2D eigenvalue weighted by atomic mass is 10.2. The van der Waals surface area contributed by atoms with Gasteiger partial charge >= 0.3 is 0 Å². The Hall–Kier alpha value is -1.18. The van der Waals surface area contributed by atoms with Gasteiger partial charge in [-0.3, -0.25) is 15.0 Å². The van der Waals surface area contributed by atoms with E-state index in [-0.39, 0.29) is 10.2 Å². The molecule has 0 bridgehead atoms. The van der Waals surface area contributed by atoms with Crippen molar-refractivity contribution < 1.29 is 14.3 Å². The van der Waals surface area contributed by atoms with Crippen LogP contribution in [-0.2, 0) is 4.79 Å². The van der Waals surface area contributed by atoms with Crippen LogP contribution in [0.1, 0.15) is 15.9 Å². The number of methoxy groups -OCH3 is 1. The van der Waals surface area contributed by atoms with Crippen LogP contribution in [0.25, 0.3) is 6.08 Å². The number of thiocarbonyl (C=S) groups is 1. The Morgan fingerprint density at radius 2 is 1.96 bits per heavy atom. The standard InChI is InChI=1S/C18H12I2N2O3S2/c1-25-15-11(7-12(19)9-13(15)20)8-14-17(24)22(18(26)27-14)21-16(23)10-5-3-2-4-6-10/h2-9H,1H3,(H,21,23)/b14-8+. The number of nitrogens with one attached hydrogen (secondary N) is 1. The Balaban J connectivity index is 1.86. The minimum Gasteiger partial charge on any atom is -0.495 e. The Bertz CT molecular complexity index is 965.